The van der Waals surface area contributed by atoms with Gasteiger partial charge in [0.15, 0.2) is 0 Å². The first-order valence-corrected chi connectivity index (χ1v) is 12.0. The number of sulfonamides is 1. The van der Waals surface area contributed by atoms with Gasteiger partial charge < -0.3 is 0 Å². The molecule has 1 N–H and O–H groups in total. The van der Waals surface area contributed by atoms with Crippen molar-refractivity contribution in [2.75, 3.05) is 4.72 Å². The number of anilines is 1. The lowest BCUT2D eigenvalue weighted by molar-refractivity contribution is 0.603. The van der Waals surface area contributed by atoms with Crippen LogP contribution in [0.1, 0.15) is 11.8 Å². The standard InChI is InChI=1S/C21H18N2O2S3/c1-2-18-12-13-20(27-18)28(24,25)23-17-10-8-15(9-11-17)19-14-26-21(22-19)16-6-4-3-5-7-16/h3-14,23H,2H2,1H3. The predicted molar refractivity (Wildman–Crippen MR) is 117 cm³/mol. The SMILES string of the molecule is CCc1ccc(S(=O)(=O)Nc2ccc(-c3csc(-c4ccccc4)n3)cc2)s1. The van der Waals surface area contributed by atoms with Crippen LogP contribution in [0.15, 0.2) is 76.3 Å². The second-order valence-corrected chi connectivity index (χ2v) is 10.1. The van der Waals surface area contributed by atoms with Crippen LogP contribution in [0.5, 0.6) is 0 Å². The highest BCUT2D eigenvalue weighted by molar-refractivity contribution is 7.94. The van der Waals surface area contributed by atoms with Crippen LogP contribution in [0.25, 0.3) is 21.8 Å². The Morgan fingerprint density at radius 3 is 2.36 bits per heavy atom. The molecule has 7 heteroatoms. The Hall–Kier alpha value is -2.48. The second-order valence-electron chi connectivity index (χ2n) is 6.16. The highest BCUT2D eigenvalue weighted by Gasteiger charge is 2.17. The van der Waals surface area contributed by atoms with Crippen molar-refractivity contribution in [3.63, 3.8) is 0 Å². The van der Waals surface area contributed by atoms with Crippen molar-refractivity contribution in [3.05, 3.63) is 77.0 Å². The van der Waals surface area contributed by atoms with Crippen molar-refractivity contribution in [3.8, 4) is 21.8 Å². The molecule has 0 aliphatic heterocycles. The number of aromatic nitrogens is 1. The van der Waals surface area contributed by atoms with Gasteiger partial charge in [-0.2, -0.15) is 0 Å². The summed E-state index contributed by atoms with van der Waals surface area (Å²) < 4.78 is 28.0. The van der Waals surface area contributed by atoms with Crippen LogP contribution >= 0.6 is 22.7 Å². The Balaban J connectivity index is 1.52. The van der Waals surface area contributed by atoms with Gasteiger partial charge in [0, 0.05) is 27.1 Å². The van der Waals surface area contributed by atoms with Gasteiger partial charge in [-0.1, -0.05) is 49.4 Å². The summed E-state index contributed by atoms with van der Waals surface area (Å²) in [6.07, 6.45) is 0.827. The zero-order valence-electron chi connectivity index (χ0n) is 15.1. The summed E-state index contributed by atoms with van der Waals surface area (Å²) in [5.41, 5.74) is 3.45. The molecule has 0 atom stereocenters. The molecule has 0 aliphatic rings. The first-order valence-electron chi connectivity index (χ1n) is 8.78. The summed E-state index contributed by atoms with van der Waals surface area (Å²) >= 11 is 2.89. The summed E-state index contributed by atoms with van der Waals surface area (Å²) in [5.74, 6) is 0. The number of hydrogen-bond donors (Lipinski definition) is 1. The van der Waals surface area contributed by atoms with Gasteiger partial charge in [0.2, 0.25) is 0 Å². The van der Waals surface area contributed by atoms with Crippen molar-refractivity contribution in [1.82, 2.24) is 4.98 Å². The van der Waals surface area contributed by atoms with Gasteiger partial charge >= 0.3 is 0 Å². The molecule has 0 radical (unpaired) electrons. The first-order chi connectivity index (χ1) is 13.5. The van der Waals surface area contributed by atoms with E-state index in [0.717, 1.165) is 33.1 Å². The smallest absolute Gasteiger partial charge is 0.271 e. The average molecular weight is 427 g/mol. The van der Waals surface area contributed by atoms with E-state index in [1.165, 1.54) is 11.3 Å². The van der Waals surface area contributed by atoms with Crippen molar-refractivity contribution >= 4 is 38.4 Å². The van der Waals surface area contributed by atoms with E-state index in [9.17, 15) is 8.42 Å². The maximum absolute atomic E-state index is 12.5. The number of thiophene rings is 1. The van der Waals surface area contributed by atoms with E-state index in [1.54, 1.807) is 29.5 Å². The van der Waals surface area contributed by atoms with E-state index < -0.39 is 10.0 Å². The highest BCUT2D eigenvalue weighted by Crippen LogP contribution is 2.30. The van der Waals surface area contributed by atoms with Crippen LogP contribution in [0.3, 0.4) is 0 Å². The largest absolute Gasteiger partial charge is 0.279 e. The zero-order chi connectivity index (χ0) is 19.6. The monoisotopic (exact) mass is 426 g/mol. The fourth-order valence-corrected chi connectivity index (χ4v) is 5.92. The number of nitrogens with one attached hydrogen (secondary N) is 1. The fraction of sp³-hybridized carbons (Fsp3) is 0.0952. The maximum Gasteiger partial charge on any atom is 0.271 e. The molecule has 0 spiro atoms. The number of hydrogen-bond acceptors (Lipinski definition) is 5. The van der Waals surface area contributed by atoms with Gasteiger partial charge in [-0.15, -0.1) is 22.7 Å². The van der Waals surface area contributed by atoms with E-state index in [-0.39, 0.29) is 0 Å². The molecule has 2 aromatic carbocycles. The number of aryl methyl sites for hydroxylation is 1. The topological polar surface area (TPSA) is 59.1 Å². The molecule has 4 nitrogen and oxygen atoms in total. The van der Waals surface area contributed by atoms with Gasteiger partial charge in [-0.3, -0.25) is 4.72 Å². The Bertz CT molecular complexity index is 1180. The van der Waals surface area contributed by atoms with Crippen molar-refractivity contribution in [1.29, 1.82) is 0 Å². The summed E-state index contributed by atoms with van der Waals surface area (Å²) in [4.78, 5) is 5.75. The van der Waals surface area contributed by atoms with Crippen LogP contribution in [0.2, 0.25) is 0 Å². The van der Waals surface area contributed by atoms with Crippen molar-refractivity contribution in [2.45, 2.75) is 17.6 Å². The first kappa shape index (κ1) is 18.9. The van der Waals surface area contributed by atoms with Gasteiger partial charge in [-0.05, 0) is 30.7 Å². The molecular weight excluding hydrogens is 408 g/mol. The average Bonchev–Trinajstić information content (AvgIpc) is 3.39. The van der Waals surface area contributed by atoms with Gasteiger partial charge in [0.05, 0.1) is 5.69 Å². The third kappa shape index (κ3) is 4.01. The third-order valence-corrected chi connectivity index (χ3v) is 8.20. The van der Waals surface area contributed by atoms with E-state index in [0.29, 0.717) is 9.90 Å². The highest BCUT2D eigenvalue weighted by atomic mass is 32.2. The molecule has 142 valence electrons. The predicted octanol–water partition coefficient (Wildman–Crippen LogP) is 5.90. The molecule has 28 heavy (non-hydrogen) atoms. The van der Waals surface area contributed by atoms with E-state index in [2.05, 4.69) is 4.72 Å². The van der Waals surface area contributed by atoms with Crippen LogP contribution in [0.4, 0.5) is 5.69 Å². The summed E-state index contributed by atoms with van der Waals surface area (Å²) in [5, 5.41) is 2.98. The number of nitrogens with zero attached hydrogens (tertiary/aromatic N) is 1. The second kappa shape index (κ2) is 7.87. The van der Waals surface area contributed by atoms with Crippen LogP contribution in [-0.4, -0.2) is 13.4 Å². The molecule has 0 saturated heterocycles. The minimum atomic E-state index is -3.56. The minimum absolute atomic E-state index is 0.334. The third-order valence-electron chi connectivity index (χ3n) is 4.21. The number of rotatable bonds is 6. The van der Waals surface area contributed by atoms with Crippen molar-refractivity contribution < 1.29 is 8.42 Å². The normalized spacial score (nSPS) is 11.5. The molecule has 0 unspecified atom stereocenters. The lowest BCUT2D eigenvalue weighted by Crippen LogP contribution is -2.11. The van der Waals surface area contributed by atoms with E-state index in [4.69, 9.17) is 4.98 Å². The molecule has 4 rings (SSSR count). The van der Waals surface area contributed by atoms with E-state index in [1.807, 2.05) is 60.8 Å². The Morgan fingerprint density at radius 2 is 1.68 bits per heavy atom. The van der Waals surface area contributed by atoms with Crippen molar-refractivity contribution in [2.24, 2.45) is 0 Å². The molecule has 4 aromatic rings. The molecule has 2 aromatic heterocycles. The molecular formula is C21H18N2O2S3. The Kier molecular flexibility index (Phi) is 5.30. The summed E-state index contributed by atoms with van der Waals surface area (Å²) in [7, 11) is -3.56. The lowest BCUT2D eigenvalue weighted by atomic mass is 10.1. The molecule has 0 bridgehead atoms. The van der Waals surface area contributed by atoms with Crippen LogP contribution < -0.4 is 4.72 Å². The van der Waals surface area contributed by atoms with E-state index >= 15 is 0 Å². The number of benzene rings is 2. The molecule has 0 aliphatic carbocycles. The quantitative estimate of drug-likeness (QED) is 0.417. The Labute approximate surface area is 172 Å². The van der Waals surface area contributed by atoms with Gasteiger partial charge in [-0.25, -0.2) is 13.4 Å². The zero-order valence-corrected chi connectivity index (χ0v) is 17.6. The molecule has 2 heterocycles. The minimum Gasteiger partial charge on any atom is -0.279 e. The summed E-state index contributed by atoms with van der Waals surface area (Å²) in [6, 6.07) is 20.9. The van der Waals surface area contributed by atoms with Gasteiger partial charge in [0.25, 0.3) is 10.0 Å². The maximum atomic E-state index is 12.5. The lowest BCUT2D eigenvalue weighted by Gasteiger charge is -2.07. The van der Waals surface area contributed by atoms with Crippen LogP contribution in [0, 0.1) is 0 Å². The molecule has 0 amide bonds. The molecule has 0 saturated carbocycles. The molecule has 0 fully saturated rings. The summed E-state index contributed by atoms with van der Waals surface area (Å²) in [6.45, 7) is 2.01. The Morgan fingerprint density at radius 1 is 0.929 bits per heavy atom. The fourth-order valence-electron chi connectivity index (χ4n) is 2.73. The van der Waals surface area contributed by atoms with Gasteiger partial charge in [0.1, 0.15) is 9.22 Å². The van der Waals surface area contributed by atoms with Crippen LogP contribution in [-0.2, 0) is 16.4 Å². The number of thiazole rings is 1.